The van der Waals surface area contributed by atoms with Gasteiger partial charge in [0.1, 0.15) is 11.5 Å². The van der Waals surface area contributed by atoms with Crippen molar-refractivity contribution >= 4 is 12.4 Å². The first-order chi connectivity index (χ1) is 11.1. The highest BCUT2D eigenvalue weighted by Gasteiger charge is 2.32. The van der Waals surface area contributed by atoms with Crippen LogP contribution in [0.2, 0.25) is 0 Å². The third-order valence-electron chi connectivity index (χ3n) is 4.64. The Balaban J connectivity index is 0.00000208. The van der Waals surface area contributed by atoms with E-state index in [-0.39, 0.29) is 17.8 Å². The van der Waals surface area contributed by atoms with E-state index in [1.807, 2.05) is 12.1 Å². The summed E-state index contributed by atoms with van der Waals surface area (Å²) in [5.74, 6) is 1.65. The largest absolute Gasteiger partial charge is 0.455 e. The van der Waals surface area contributed by atoms with Gasteiger partial charge in [-0.2, -0.15) is 0 Å². The van der Waals surface area contributed by atoms with Gasteiger partial charge >= 0.3 is 0 Å². The van der Waals surface area contributed by atoms with E-state index in [2.05, 4.69) is 41.9 Å². The predicted octanol–water partition coefficient (Wildman–Crippen LogP) is 3.77. The van der Waals surface area contributed by atoms with Crippen LogP contribution in [0.15, 0.2) is 42.7 Å². The summed E-state index contributed by atoms with van der Waals surface area (Å²) in [7, 11) is 0. The van der Waals surface area contributed by atoms with Gasteiger partial charge in [0.25, 0.3) is 0 Å². The lowest BCUT2D eigenvalue weighted by molar-refractivity contribution is 0.274. The maximum Gasteiger partial charge on any atom is 0.145 e. The van der Waals surface area contributed by atoms with Crippen LogP contribution in [0.1, 0.15) is 24.5 Å². The van der Waals surface area contributed by atoms with Gasteiger partial charge in [-0.05, 0) is 61.2 Å². The van der Waals surface area contributed by atoms with Gasteiger partial charge in [-0.3, -0.25) is 9.88 Å². The molecular formula is C19H26ClN3O. The Morgan fingerprint density at radius 2 is 2.17 bits per heavy atom. The molecular weight excluding hydrogens is 322 g/mol. The zero-order valence-electron chi connectivity index (χ0n) is 14.4. The molecule has 0 spiro atoms. The average molecular weight is 348 g/mol. The highest BCUT2D eigenvalue weighted by Crippen LogP contribution is 2.30. The molecule has 2 heterocycles. The number of aromatic nitrogens is 1. The van der Waals surface area contributed by atoms with E-state index in [0.29, 0.717) is 0 Å². The molecule has 1 unspecified atom stereocenters. The molecule has 1 saturated heterocycles. The first-order valence-electron chi connectivity index (χ1n) is 8.18. The molecule has 3 rings (SSSR count). The van der Waals surface area contributed by atoms with Gasteiger partial charge in [0.15, 0.2) is 0 Å². The van der Waals surface area contributed by atoms with Crippen molar-refractivity contribution < 1.29 is 4.74 Å². The van der Waals surface area contributed by atoms with Crippen molar-refractivity contribution in [1.29, 1.82) is 0 Å². The predicted molar refractivity (Wildman–Crippen MR) is 99.8 cm³/mol. The monoisotopic (exact) mass is 347 g/mol. The fraction of sp³-hybridized carbons (Fsp3) is 0.421. The molecule has 0 amide bonds. The Kier molecular flexibility index (Phi) is 6.21. The number of nitrogens with zero attached hydrogens (tertiary/aromatic N) is 2. The molecule has 1 atom stereocenters. The molecule has 0 aliphatic carbocycles. The van der Waals surface area contributed by atoms with E-state index in [1.54, 1.807) is 12.4 Å². The molecule has 1 aromatic carbocycles. The standard InChI is InChI=1S/C19H25N3O.ClH/c1-15-10-16(12-22-9-7-19(2,13-20)14-22)5-6-18(15)23-17-4-3-8-21-11-17;/h3-6,8,10-11H,7,9,12-14,20H2,1-2H3;1H. The zero-order valence-corrected chi connectivity index (χ0v) is 15.2. The van der Waals surface area contributed by atoms with E-state index >= 15 is 0 Å². The summed E-state index contributed by atoms with van der Waals surface area (Å²) in [5.41, 5.74) is 8.64. The minimum absolute atomic E-state index is 0. The number of benzene rings is 1. The summed E-state index contributed by atoms with van der Waals surface area (Å²) >= 11 is 0. The second-order valence-electron chi connectivity index (χ2n) is 6.87. The molecule has 0 saturated carbocycles. The van der Waals surface area contributed by atoms with E-state index < -0.39 is 0 Å². The second kappa shape index (κ2) is 7.97. The van der Waals surface area contributed by atoms with Crippen LogP contribution in [0, 0.1) is 12.3 Å². The zero-order chi connectivity index (χ0) is 16.3. The number of halogens is 1. The summed E-state index contributed by atoms with van der Waals surface area (Å²) in [4.78, 5) is 6.57. The van der Waals surface area contributed by atoms with Crippen molar-refractivity contribution in [2.75, 3.05) is 19.6 Å². The molecule has 1 aromatic heterocycles. The Labute approximate surface area is 150 Å². The maximum atomic E-state index is 5.89. The second-order valence-corrected chi connectivity index (χ2v) is 6.87. The summed E-state index contributed by atoms with van der Waals surface area (Å²) in [6.07, 6.45) is 4.66. The van der Waals surface area contributed by atoms with Gasteiger partial charge in [-0.25, -0.2) is 0 Å². The molecule has 1 aliphatic rings. The van der Waals surface area contributed by atoms with E-state index in [4.69, 9.17) is 10.5 Å². The molecule has 24 heavy (non-hydrogen) atoms. The van der Waals surface area contributed by atoms with Crippen LogP contribution in [-0.4, -0.2) is 29.5 Å². The lowest BCUT2D eigenvalue weighted by atomic mass is 9.90. The number of likely N-dealkylation sites (tertiary alicyclic amines) is 1. The van der Waals surface area contributed by atoms with Gasteiger partial charge in [0.2, 0.25) is 0 Å². The quantitative estimate of drug-likeness (QED) is 0.894. The molecule has 1 fully saturated rings. The molecule has 4 nitrogen and oxygen atoms in total. The Morgan fingerprint density at radius 3 is 2.79 bits per heavy atom. The van der Waals surface area contributed by atoms with Crippen LogP contribution in [0.5, 0.6) is 11.5 Å². The fourth-order valence-electron chi connectivity index (χ4n) is 3.14. The van der Waals surface area contributed by atoms with E-state index in [9.17, 15) is 0 Å². The van der Waals surface area contributed by atoms with Crippen molar-refractivity contribution in [3.05, 3.63) is 53.9 Å². The SMILES string of the molecule is Cc1cc(CN2CCC(C)(CN)C2)ccc1Oc1cccnc1.Cl. The minimum Gasteiger partial charge on any atom is -0.455 e. The van der Waals surface area contributed by atoms with Crippen LogP contribution in [-0.2, 0) is 6.54 Å². The van der Waals surface area contributed by atoms with Crippen LogP contribution < -0.4 is 10.5 Å². The highest BCUT2D eigenvalue weighted by molar-refractivity contribution is 5.85. The van der Waals surface area contributed by atoms with Crippen molar-refractivity contribution in [3.8, 4) is 11.5 Å². The number of pyridine rings is 1. The Hall–Kier alpha value is -1.62. The highest BCUT2D eigenvalue weighted by atomic mass is 35.5. The van der Waals surface area contributed by atoms with Crippen molar-refractivity contribution in [1.82, 2.24) is 9.88 Å². The van der Waals surface area contributed by atoms with Crippen LogP contribution >= 0.6 is 12.4 Å². The third kappa shape index (κ3) is 4.47. The number of ether oxygens (including phenoxy) is 1. The molecule has 2 aromatic rings. The topological polar surface area (TPSA) is 51.4 Å². The summed E-state index contributed by atoms with van der Waals surface area (Å²) in [5, 5.41) is 0. The normalized spacial score (nSPS) is 20.6. The van der Waals surface area contributed by atoms with E-state index in [0.717, 1.165) is 43.2 Å². The average Bonchev–Trinajstić information content (AvgIpc) is 2.93. The lowest BCUT2D eigenvalue weighted by Crippen LogP contribution is -2.31. The van der Waals surface area contributed by atoms with Crippen molar-refractivity contribution in [2.24, 2.45) is 11.1 Å². The Bertz CT molecular complexity index is 665. The molecule has 1 aliphatic heterocycles. The van der Waals surface area contributed by atoms with Crippen molar-refractivity contribution in [3.63, 3.8) is 0 Å². The van der Waals surface area contributed by atoms with E-state index in [1.165, 1.54) is 12.0 Å². The van der Waals surface area contributed by atoms with Gasteiger partial charge in [-0.1, -0.05) is 19.1 Å². The number of rotatable bonds is 5. The first-order valence-corrected chi connectivity index (χ1v) is 8.18. The van der Waals surface area contributed by atoms with Gasteiger partial charge < -0.3 is 10.5 Å². The summed E-state index contributed by atoms with van der Waals surface area (Å²) < 4.78 is 5.89. The Morgan fingerprint density at radius 1 is 1.33 bits per heavy atom. The molecule has 130 valence electrons. The van der Waals surface area contributed by atoms with Crippen molar-refractivity contribution in [2.45, 2.75) is 26.8 Å². The van der Waals surface area contributed by atoms with Crippen LogP contribution in [0.4, 0.5) is 0 Å². The summed E-state index contributed by atoms with van der Waals surface area (Å²) in [6.45, 7) is 8.31. The molecule has 0 radical (unpaired) electrons. The smallest absolute Gasteiger partial charge is 0.145 e. The van der Waals surface area contributed by atoms with Crippen LogP contribution in [0.3, 0.4) is 0 Å². The maximum absolute atomic E-state index is 5.89. The first kappa shape index (κ1) is 18.7. The number of aryl methyl sites for hydroxylation is 1. The summed E-state index contributed by atoms with van der Waals surface area (Å²) in [6, 6.07) is 10.2. The number of hydrogen-bond acceptors (Lipinski definition) is 4. The fourth-order valence-corrected chi connectivity index (χ4v) is 3.14. The molecule has 2 N–H and O–H groups in total. The molecule has 5 heteroatoms. The minimum atomic E-state index is 0. The third-order valence-corrected chi connectivity index (χ3v) is 4.64. The van der Waals surface area contributed by atoms with Gasteiger partial charge in [0.05, 0.1) is 6.20 Å². The van der Waals surface area contributed by atoms with Gasteiger partial charge in [-0.15, -0.1) is 12.4 Å². The number of hydrogen-bond donors (Lipinski definition) is 1. The lowest BCUT2D eigenvalue weighted by Gasteiger charge is -2.22. The van der Waals surface area contributed by atoms with Gasteiger partial charge in [0, 0.05) is 19.3 Å². The molecule has 0 bridgehead atoms. The number of nitrogens with two attached hydrogens (primary N) is 1. The van der Waals surface area contributed by atoms with Crippen LogP contribution in [0.25, 0.3) is 0 Å².